The Bertz CT molecular complexity index is 379. The summed E-state index contributed by atoms with van der Waals surface area (Å²) >= 11 is 0. The Labute approximate surface area is 88.1 Å². The van der Waals surface area contributed by atoms with Crippen molar-refractivity contribution >= 4 is 10.8 Å². The summed E-state index contributed by atoms with van der Waals surface area (Å²) in [6.07, 6.45) is -4.43. The van der Waals surface area contributed by atoms with Crippen molar-refractivity contribution in [3.8, 4) is 0 Å². The van der Waals surface area contributed by atoms with Crippen LogP contribution in [-0.2, 0) is 10.8 Å². The first kappa shape index (κ1) is 12.0. The summed E-state index contributed by atoms with van der Waals surface area (Å²) in [5.41, 5.74) is 0.968. The van der Waals surface area contributed by atoms with E-state index in [4.69, 9.17) is 0 Å². The van der Waals surface area contributed by atoms with Gasteiger partial charge in [-0.15, -0.1) is 0 Å². The van der Waals surface area contributed by atoms with Crippen molar-refractivity contribution in [2.45, 2.75) is 18.0 Å². The molecule has 0 saturated heterocycles. The van der Waals surface area contributed by atoms with E-state index in [-0.39, 0.29) is 6.08 Å². The highest BCUT2D eigenvalue weighted by molar-refractivity contribution is 7.88. The van der Waals surface area contributed by atoms with Crippen LogP contribution in [0.5, 0.6) is 0 Å². The first-order valence-electron chi connectivity index (χ1n) is 4.12. The summed E-state index contributed by atoms with van der Waals surface area (Å²) in [7, 11) is -1.74. The monoisotopic (exact) mass is 234 g/mol. The average molecular weight is 234 g/mol. The summed E-state index contributed by atoms with van der Waals surface area (Å²) in [5.74, 6) is 0. The highest BCUT2D eigenvalue weighted by Crippen LogP contribution is 2.18. The molecule has 1 rings (SSSR count). The number of hydrogen-bond acceptors (Lipinski definition) is 1. The lowest BCUT2D eigenvalue weighted by atomic mass is 10.2. The van der Waals surface area contributed by atoms with Gasteiger partial charge < -0.3 is 0 Å². The van der Waals surface area contributed by atoms with Crippen LogP contribution in [0.4, 0.5) is 13.2 Å². The third kappa shape index (κ3) is 4.29. The molecule has 0 aliphatic carbocycles. The van der Waals surface area contributed by atoms with Crippen LogP contribution in [0.3, 0.4) is 0 Å². The van der Waals surface area contributed by atoms with Gasteiger partial charge in [-0.25, -0.2) is 4.21 Å². The van der Waals surface area contributed by atoms with Gasteiger partial charge in [0.05, 0.1) is 10.8 Å². The maximum absolute atomic E-state index is 11.8. The molecule has 0 aromatic heterocycles. The molecule has 0 saturated carbocycles. The molecule has 0 spiro atoms. The molecular formula is C10H9F3OS. The summed E-state index contributed by atoms with van der Waals surface area (Å²) in [6, 6.07) is 6.50. The predicted molar refractivity (Wildman–Crippen MR) is 52.8 cm³/mol. The zero-order valence-electron chi connectivity index (χ0n) is 7.91. The number of aryl methyl sites for hydroxylation is 1. The van der Waals surface area contributed by atoms with E-state index in [9.17, 15) is 17.4 Å². The molecule has 0 amide bonds. The van der Waals surface area contributed by atoms with Crippen molar-refractivity contribution in [2.75, 3.05) is 0 Å². The summed E-state index contributed by atoms with van der Waals surface area (Å²) in [4.78, 5) is 0.362. The molecule has 82 valence electrons. The average Bonchev–Trinajstić information content (AvgIpc) is 2.14. The molecular weight excluding hydrogens is 225 g/mol. The first-order valence-corrected chi connectivity index (χ1v) is 5.33. The molecule has 1 unspecified atom stereocenters. The van der Waals surface area contributed by atoms with E-state index in [1.807, 2.05) is 6.92 Å². The van der Waals surface area contributed by atoms with Crippen LogP contribution >= 0.6 is 0 Å². The van der Waals surface area contributed by atoms with Crippen molar-refractivity contribution < 1.29 is 17.4 Å². The third-order valence-corrected chi connectivity index (χ3v) is 2.75. The molecule has 0 heterocycles. The quantitative estimate of drug-likeness (QED) is 0.768. The van der Waals surface area contributed by atoms with E-state index >= 15 is 0 Å². The largest absolute Gasteiger partial charge is 0.410 e. The SMILES string of the molecule is Cc1ccc(S(=O)/C=C/C(F)(F)F)cc1. The van der Waals surface area contributed by atoms with E-state index in [0.29, 0.717) is 10.3 Å². The number of benzene rings is 1. The summed E-state index contributed by atoms with van der Waals surface area (Å²) in [5, 5.41) is 0.644. The van der Waals surface area contributed by atoms with Gasteiger partial charge in [-0.1, -0.05) is 17.7 Å². The molecule has 0 N–H and O–H groups in total. The topological polar surface area (TPSA) is 17.1 Å². The van der Waals surface area contributed by atoms with Gasteiger partial charge in [-0.3, -0.25) is 0 Å². The molecule has 0 radical (unpaired) electrons. The molecule has 1 atom stereocenters. The predicted octanol–water partition coefficient (Wildman–Crippen LogP) is 3.18. The fourth-order valence-corrected chi connectivity index (χ4v) is 1.73. The number of hydrogen-bond donors (Lipinski definition) is 0. The fourth-order valence-electron chi connectivity index (χ4n) is 0.890. The number of rotatable bonds is 2. The molecule has 0 aliphatic rings. The Balaban J connectivity index is 2.78. The van der Waals surface area contributed by atoms with Crippen molar-refractivity contribution in [1.29, 1.82) is 0 Å². The maximum atomic E-state index is 11.8. The second-order valence-corrected chi connectivity index (χ2v) is 4.29. The van der Waals surface area contributed by atoms with Gasteiger partial charge in [0.2, 0.25) is 0 Å². The van der Waals surface area contributed by atoms with Gasteiger partial charge in [0.15, 0.2) is 0 Å². The van der Waals surface area contributed by atoms with Gasteiger partial charge in [0, 0.05) is 16.4 Å². The second kappa shape index (κ2) is 4.61. The minimum absolute atomic E-state index is 0.0109. The van der Waals surface area contributed by atoms with Crippen LogP contribution < -0.4 is 0 Å². The lowest BCUT2D eigenvalue weighted by Crippen LogP contribution is -2.01. The van der Waals surface area contributed by atoms with E-state index < -0.39 is 17.0 Å². The van der Waals surface area contributed by atoms with E-state index in [1.54, 1.807) is 24.3 Å². The highest BCUT2D eigenvalue weighted by atomic mass is 32.2. The van der Waals surface area contributed by atoms with E-state index in [0.717, 1.165) is 5.56 Å². The fraction of sp³-hybridized carbons (Fsp3) is 0.200. The van der Waals surface area contributed by atoms with Crippen LogP contribution in [-0.4, -0.2) is 10.4 Å². The maximum Gasteiger partial charge on any atom is 0.410 e. The van der Waals surface area contributed by atoms with Crippen LogP contribution in [0.25, 0.3) is 0 Å². The normalized spacial score (nSPS) is 14.4. The third-order valence-electron chi connectivity index (χ3n) is 1.63. The summed E-state index contributed by atoms with van der Waals surface area (Å²) in [6.45, 7) is 1.85. The molecule has 0 aliphatic heterocycles. The number of halogens is 3. The molecule has 1 aromatic rings. The van der Waals surface area contributed by atoms with Crippen LogP contribution in [0, 0.1) is 6.92 Å². The Morgan fingerprint density at radius 2 is 1.73 bits per heavy atom. The van der Waals surface area contributed by atoms with E-state index in [2.05, 4.69) is 0 Å². The van der Waals surface area contributed by atoms with Crippen LogP contribution in [0.1, 0.15) is 5.56 Å². The van der Waals surface area contributed by atoms with Crippen LogP contribution in [0.15, 0.2) is 40.6 Å². The molecule has 1 aromatic carbocycles. The van der Waals surface area contributed by atoms with Crippen molar-refractivity contribution in [3.05, 3.63) is 41.3 Å². The van der Waals surface area contributed by atoms with Gasteiger partial charge in [-0.05, 0) is 19.1 Å². The van der Waals surface area contributed by atoms with Gasteiger partial charge in [0.1, 0.15) is 0 Å². The van der Waals surface area contributed by atoms with E-state index in [1.165, 1.54) is 0 Å². The Hall–Kier alpha value is -1.10. The standard InChI is InChI=1S/C10H9F3OS/c1-8-2-4-9(5-3-8)15(14)7-6-10(11,12)13/h2-7H,1H3/b7-6+. The molecule has 5 heteroatoms. The van der Waals surface area contributed by atoms with Gasteiger partial charge >= 0.3 is 6.18 Å². The molecule has 0 bridgehead atoms. The van der Waals surface area contributed by atoms with Gasteiger partial charge in [0.25, 0.3) is 0 Å². The highest BCUT2D eigenvalue weighted by Gasteiger charge is 2.22. The smallest absolute Gasteiger partial charge is 0.250 e. The zero-order chi connectivity index (χ0) is 11.5. The van der Waals surface area contributed by atoms with Crippen molar-refractivity contribution in [1.82, 2.24) is 0 Å². The van der Waals surface area contributed by atoms with Crippen molar-refractivity contribution in [3.63, 3.8) is 0 Å². The zero-order valence-corrected chi connectivity index (χ0v) is 8.73. The van der Waals surface area contributed by atoms with Crippen LogP contribution in [0.2, 0.25) is 0 Å². The van der Waals surface area contributed by atoms with Crippen molar-refractivity contribution in [2.24, 2.45) is 0 Å². The number of allylic oxidation sites excluding steroid dienone is 1. The lowest BCUT2D eigenvalue weighted by molar-refractivity contribution is -0.0796. The Kier molecular flexibility index (Phi) is 3.68. The number of alkyl halides is 3. The Morgan fingerprint density at radius 1 is 1.20 bits per heavy atom. The minimum atomic E-state index is -4.42. The lowest BCUT2D eigenvalue weighted by Gasteiger charge is -1.99. The molecule has 15 heavy (non-hydrogen) atoms. The first-order chi connectivity index (χ1) is 6.88. The summed E-state index contributed by atoms with van der Waals surface area (Å²) < 4.78 is 46.7. The van der Waals surface area contributed by atoms with Gasteiger partial charge in [-0.2, -0.15) is 13.2 Å². The Morgan fingerprint density at radius 3 is 2.20 bits per heavy atom. The molecule has 1 nitrogen and oxygen atoms in total. The molecule has 0 fully saturated rings. The minimum Gasteiger partial charge on any atom is -0.250 e. The second-order valence-electron chi connectivity index (χ2n) is 2.95.